The molecular formula is C11H18ClNO3. The fourth-order valence-electron chi connectivity index (χ4n) is 0.796. The molecule has 0 aromatic heterocycles. The van der Waals surface area contributed by atoms with E-state index in [2.05, 4.69) is 11.6 Å². The van der Waals surface area contributed by atoms with Crippen LogP contribution < -0.4 is 0 Å². The van der Waals surface area contributed by atoms with Crippen molar-refractivity contribution in [2.45, 2.75) is 19.8 Å². The number of rotatable bonds is 9. The maximum Gasteiger partial charge on any atom is 0.333 e. The van der Waals surface area contributed by atoms with Crippen LogP contribution in [0.25, 0.3) is 0 Å². The van der Waals surface area contributed by atoms with Crippen LogP contribution in [0.3, 0.4) is 0 Å². The number of nitrogens with zero attached hydrogens (tertiary/aromatic N) is 1. The van der Waals surface area contributed by atoms with Gasteiger partial charge in [-0.05, 0) is 19.8 Å². The standard InChI is InChI=1S/C11H18ClNO3/c1-10(2)11(14)16-7-4-3-6-13-9-15-8-5-12/h9H,1,3-8H2,2H3. The molecule has 0 N–H and O–H groups in total. The number of esters is 1. The summed E-state index contributed by atoms with van der Waals surface area (Å²) in [5, 5.41) is 0. The van der Waals surface area contributed by atoms with Gasteiger partial charge in [-0.1, -0.05) is 6.58 Å². The van der Waals surface area contributed by atoms with Gasteiger partial charge in [-0.2, -0.15) is 0 Å². The number of aliphatic imine (C=N–C) groups is 1. The highest BCUT2D eigenvalue weighted by Crippen LogP contribution is 1.96. The van der Waals surface area contributed by atoms with Gasteiger partial charge in [-0.15, -0.1) is 11.6 Å². The normalized spacial score (nSPS) is 10.4. The van der Waals surface area contributed by atoms with Gasteiger partial charge in [0.15, 0.2) is 6.40 Å². The lowest BCUT2D eigenvalue weighted by atomic mass is 10.3. The maximum atomic E-state index is 11.0. The first-order valence-corrected chi connectivity index (χ1v) is 5.70. The molecule has 0 aromatic rings. The molecule has 0 atom stereocenters. The third-order valence-electron chi connectivity index (χ3n) is 1.61. The summed E-state index contributed by atoms with van der Waals surface area (Å²) in [5.74, 6) is 0.122. The second-order valence-corrected chi connectivity index (χ2v) is 3.57. The highest BCUT2D eigenvalue weighted by molar-refractivity contribution is 6.18. The number of alkyl halides is 1. The number of hydrogen-bond donors (Lipinski definition) is 0. The van der Waals surface area contributed by atoms with Crippen LogP contribution in [0.15, 0.2) is 17.1 Å². The molecule has 16 heavy (non-hydrogen) atoms. The Labute approximate surface area is 101 Å². The van der Waals surface area contributed by atoms with Crippen molar-refractivity contribution < 1.29 is 14.3 Å². The molecule has 0 aliphatic heterocycles. The van der Waals surface area contributed by atoms with Crippen molar-refractivity contribution in [1.82, 2.24) is 0 Å². The van der Waals surface area contributed by atoms with Gasteiger partial charge in [0.2, 0.25) is 0 Å². The Balaban J connectivity index is 3.24. The SMILES string of the molecule is C=C(C)C(=O)OCCCCN=COCCCl. The number of carbonyl (C=O) groups is 1. The Kier molecular flexibility index (Phi) is 9.81. The summed E-state index contributed by atoms with van der Waals surface area (Å²) >= 11 is 5.40. The average molecular weight is 248 g/mol. The Hall–Kier alpha value is -1.03. The Morgan fingerprint density at radius 2 is 2.19 bits per heavy atom. The highest BCUT2D eigenvalue weighted by Gasteiger charge is 2.01. The first-order valence-electron chi connectivity index (χ1n) is 5.17. The van der Waals surface area contributed by atoms with Crippen LogP contribution in [-0.2, 0) is 14.3 Å². The second-order valence-electron chi connectivity index (χ2n) is 3.19. The van der Waals surface area contributed by atoms with E-state index in [4.69, 9.17) is 21.1 Å². The summed E-state index contributed by atoms with van der Waals surface area (Å²) in [4.78, 5) is 15.0. The molecule has 4 nitrogen and oxygen atoms in total. The third-order valence-corrected chi connectivity index (χ3v) is 1.76. The van der Waals surface area contributed by atoms with E-state index >= 15 is 0 Å². The summed E-state index contributed by atoms with van der Waals surface area (Å²) < 4.78 is 9.85. The number of ether oxygens (including phenoxy) is 2. The van der Waals surface area contributed by atoms with Crippen LogP contribution in [0.1, 0.15) is 19.8 Å². The molecule has 0 aromatic carbocycles. The van der Waals surface area contributed by atoms with Crippen LogP contribution in [0, 0.1) is 0 Å². The summed E-state index contributed by atoms with van der Waals surface area (Å²) in [7, 11) is 0. The number of carbonyl (C=O) groups excluding carboxylic acids is 1. The number of unbranched alkanes of at least 4 members (excludes halogenated alkanes) is 1. The largest absolute Gasteiger partial charge is 0.482 e. The monoisotopic (exact) mass is 247 g/mol. The van der Waals surface area contributed by atoms with Gasteiger partial charge in [0, 0.05) is 12.1 Å². The van der Waals surface area contributed by atoms with Crippen molar-refractivity contribution in [1.29, 1.82) is 0 Å². The molecule has 0 radical (unpaired) electrons. The van der Waals surface area contributed by atoms with Crippen LogP contribution >= 0.6 is 11.6 Å². The first-order chi connectivity index (χ1) is 7.68. The molecule has 0 unspecified atom stereocenters. The lowest BCUT2D eigenvalue weighted by Gasteiger charge is -2.02. The quantitative estimate of drug-likeness (QED) is 0.157. The zero-order chi connectivity index (χ0) is 12.2. The van der Waals surface area contributed by atoms with E-state index in [-0.39, 0.29) is 5.97 Å². The van der Waals surface area contributed by atoms with Crippen LogP contribution in [0.5, 0.6) is 0 Å². The van der Waals surface area contributed by atoms with E-state index in [1.54, 1.807) is 6.92 Å². The van der Waals surface area contributed by atoms with Gasteiger partial charge in [0.1, 0.15) is 6.61 Å². The van der Waals surface area contributed by atoms with E-state index < -0.39 is 0 Å². The van der Waals surface area contributed by atoms with Gasteiger partial charge in [0.25, 0.3) is 0 Å². The Morgan fingerprint density at radius 1 is 1.44 bits per heavy atom. The Bertz CT molecular complexity index is 241. The zero-order valence-electron chi connectivity index (χ0n) is 9.58. The molecule has 0 fully saturated rings. The molecule has 0 saturated carbocycles. The van der Waals surface area contributed by atoms with E-state index in [0.717, 1.165) is 12.8 Å². The lowest BCUT2D eigenvalue weighted by molar-refractivity contribution is -0.139. The molecule has 0 bridgehead atoms. The van der Waals surface area contributed by atoms with Crippen molar-refractivity contribution in [2.24, 2.45) is 4.99 Å². The van der Waals surface area contributed by atoms with E-state index in [9.17, 15) is 4.79 Å². The van der Waals surface area contributed by atoms with E-state index in [0.29, 0.717) is 31.2 Å². The third kappa shape index (κ3) is 9.52. The lowest BCUT2D eigenvalue weighted by Crippen LogP contribution is -2.06. The molecule has 0 heterocycles. The molecule has 0 aliphatic rings. The Morgan fingerprint density at radius 3 is 2.81 bits per heavy atom. The first kappa shape index (κ1) is 15.0. The number of hydrogen-bond acceptors (Lipinski definition) is 4. The molecular weight excluding hydrogens is 230 g/mol. The molecule has 0 saturated heterocycles. The highest BCUT2D eigenvalue weighted by atomic mass is 35.5. The molecule has 0 rings (SSSR count). The molecule has 0 aliphatic carbocycles. The fraction of sp³-hybridized carbons (Fsp3) is 0.636. The van der Waals surface area contributed by atoms with Gasteiger partial charge >= 0.3 is 5.97 Å². The number of halogens is 1. The van der Waals surface area contributed by atoms with Gasteiger partial charge in [0.05, 0.1) is 12.5 Å². The van der Waals surface area contributed by atoms with Crippen molar-refractivity contribution in [2.75, 3.05) is 25.6 Å². The van der Waals surface area contributed by atoms with Crippen molar-refractivity contribution in [3.8, 4) is 0 Å². The zero-order valence-corrected chi connectivity index (χ0v) is 10.3. The predicted molar refractivity (Wildman–Crippen MR) is 65.0 cm³/mol. The van der Waals surface area contributed by atoms with E-state index in [1.165, 1.54) is 6.40 Å². The summed E-state index contributed by atoms with van der Waals surface area (Å²) in [6.45, 7) is 6.65. The van der Waals surface area contributed by atoms with Crippen LogP contribution in [0.4, 0.5) is 0 Å². The summed E-state index contributed by atoms with van der Waals surface area (Å²) in [5.41, 5.74) is 0.424. The van der Waals surface area contributed by atoms with Gasteiger partial charge in [-0.3, -0.25) is 4.99 Å². The van der Waals surface area contributed by atoms with Crippen molar-refractivity contribution in [3.63, 3.8) is 0 Å². The minimum Gasteiger partial charge on any atom is -0.482 e. The van der Waals surface area contributed by atoms with Gasteiger partial charge in [-0.25, -0.2) is 4.79 Å². The molecule has 0 spiro atoms. The average Bonchev–Trinajstić information content (AvgIpc) is 2.26. The summed E-state index contributed by atoms with van der Waals surface area (Å²) in [6, 6.07) is 0. The van der Waals surface area contributed by atoms with Crippen molar-refractivity contribution >= 4 is 24.0 Å². The van der Waals surface area contributed by atoms with E-state index in [1.807, 2.05) is 0 Å². The van der Waals surface area contributed by atoms with Crippen molar-refractivity contribution in [3.05, 3.63) is 12.2 Å². The minimum atomic E-state index is -0.339. The molecule has 5 heteroatoms. The van der Waals surface area contributed by atoms with Crippen LogP contribution in [0.2, 0.25) is 0 Å². The smallest absolute Gasteiger partial charge is 0.333 e. The maximum absolute atomic E-state index is 11.0. The molecule has 0 amide bonds. The predicted octanol–water partition coefficient (Wildman–Crippen LogP) is 2.17. The van der Waals surface area contributed by atoms with Crippen LogP contribution in [-0.4, -0.2) is 38.0 Å². The second kappa shape index (κ2) is 10.5. The summed E-state index contributed by atoms with van der Waals surface area (Å²) in [6.07, 6.45) is 3.04. The minimum absolute atomic E-state index is 0.339. The fourth-order valence-corrected chi connectivity index (χ4v) is 0.885. The van der Waals surface area contributed by atoms with Gasteiger partial charge < -0.3 is 9.47 Å². The topological polar surface area (TPSA) is 47.9 Å². The molecule has 92 valence electrons.